The first-order valence-electron chi connectivity index (χ1n) is 9.61. The Morgan fingerprint density at radius 1 is 1.29 bits per heavy atom. The van der Waals surface area contributed by atoms with Crippen LogP contribution < -0.4 is 0 Å². The van der Waals surface area contributed by atoms with Crippen LogP contribution in [-0.2, 0) is 11.3 Å². The molecule has 0 aliphatic heterocycles. The molecule has 3 N–H and O–H groups in total. The van der Waals surface area contributed by atoms with Crippen molar-refractivity contribution < 1.29 is 25.2 Å². The van der Waals surface area contributed by atoms with Crippen LogP contribution in [0.15, 0.2) is 35.9 Å². The molecule has 0 fully saturated rings. The molecule has 0 bridgehead atoms. The molecule has 1 aliphatic carbocycles. The number of hydrogen-bond donors (Lipinski definition) is 3. The monoisotopic (exact) mass is 391 g/mol. The molecule has 2 atom stereocenters. The van der Waals surface area contributed by atoms with E-state index in [1.54, 1.807) is 12.1 Å². The molecule has 0 saturated carbocycles. The molecule has 0 radical (unpaired) electrons. The van der Waals surface area contributed by atoms with Crippen LogP contribution >= 0.6 is 0 Å². The lowest BCUT2D eigenvalue weighted by molar-refractivity contribution is -0.757. The summed E-state index contributed by atoms with van der Waals surface area (Å²) in [6.45, 7) is 6.04. The molecule has 1 aromatic rings. The first-order valence-corrected chi connectivity index (χ1v) is 9.61. The van der Waals surface area contributed by atoms with Crippen LogP contribution in [0.5, 0.6) is 11.5 Å². The molecule has 0 heterocycles. The third-order valence-corrected chi connectivity index (χ3v) is 5.30. The van der Waals surface area contributed by atoms with Crippen LogP contribution in [0, 0.1) is 16.0 Å². The van der Waals surface area contributed by atoms with Crippen molar-refractivity contribution in [1.29, 1.82) is 0 Å². The van der Waals surface area contributed by atoms with E-state index in [9.17, 15) is 25.4 Å². The minimum absolute atomic E-state index is 0.0286. The topological polar surface area (TPSA) is 113 Å². The number of aliphatic hydroxyl groups is 1. The van der Waals surface area contributed by atoms with Crippen LogP contribution in [0.25, 0.3) is 0 Å². The van der Waals surface area contributed by atoms with Crippen LogP contribution in [0.3, 0.4) is 0 Å². The Bertz CT molecular complexity index is 719. The van der Waals surface area contributed by atoms with Gasteiger partial charge in [0.05, 0.1) is 13.2 Å². The van der Waals surface area contributed by atoms with Crippen molar-refractivity contribution in [2.45, 2.75) is 51.4 Å². The Morgan fingerprint density at radius 2 is 1.96 bits per heavy atom. The van der Waals surface area contributed by atoms with Crippen LogP contribution in [0.2, 0.25) is 0 Å². The SMILES string of the molecule is C=C(C)[C@@H]1CCC(CO)=C[C@H]1c1c(O)cc(CCCCCO[N+](=O)[O-])cc1O. The van der Waals surface area contributed by atoms with Gasteiger partial charge in [-0.1, -0.05) is 24.6 Å². The van der Waals surface area contributed by atoms with Gasteiger partial charge in [-0.25, -0.2) is 0 Å². The first-order chi connectivity index (χ1) is 13.3. The fourth-order valence-corrected chi connectivity index (χ4v) is 3.86. The highest BCUT2D eigenvalue weighted by atomic mass is 16.9. The minimum atomic E-state index is -0.797. The number of phenols is 2. The van der Waals surface area contributed by atoms with Gasteiger partial charge in [-0.05, 0) is 68.2 Å². The van der Waals surface area contributed by atoms with Crippen LogP contribution in [-0.4, -0.2) is 33.6 Å². The zero-order valence-electron chi connectivity index (χ0n) is 16.3. The molecule has 7 nitrogen and oxygen atoms in total. The predicted molar refractivity (Wildman–Crippen MR) is 106 cm³/mol. The van der Waals surface area contributed by atoms with Crippen molar-refractivity contribution >= 4 is 0 Å². The molecule has 0 aromatic heterocycles. The molecule has 1 aromatic carbocycles. The third-order valence-electron chi connectivity index (χ3n) is 5.30. The summed E-state index contributed by atoms with van der Waals surface area (Å²) in [6, 6.07) is 3.33. The van der Waals surface area contributed by atoms with E-state index in [0.29, 0.717) is 18.4 Å². The summed E-state index contributed by atoms with van der Waals surface area (Å²) in [6.07, 6.45) is 6.28. The minimum Gasteiger partial charge on any atom is -0.507 e. The molecule has 0 spiro atoms. The molecule has 1 aliphatic rings. The van der Waals surface area contributed by atoms with Gasteiger partial charge in [0.15, 0.2) is 0 Å². The number of phenolic OH excluding ortho intramolecular Hbond substituents is 2. The summed E-state index contributed by atoms with van der Waals surface area (Å²) in [7, 11) is 0. The second-order valence-electron chi connectivity index (χ2n) is 7.42. The summed E-state index contributed by atoms with van der Waals surface area (Å²) in [4.78, 5) is 14.4. The molecule has 0 saturated heterocycles. The van der Waals surface area contributed by atoms with E-state index in [2.05, 4.69) is 11.4 Å². The molecular formula is C21H29NO6. The predicted octanol–water partition coefficient (Wildman–Crippen LogP) is 4.01. The maximum Gasteiger partial charge on any atom is 0.294 e. The molecule has 0 unspecified atom stereocenters. The van der Waals surface area contributed by atoms with Crippen LogP contribution in [0.4, 0.5) is 0 Å². The lowest BCUT2D eigenvalue weighted by atomic mass is 9.73. The Balaban J connectivity index is 2.10. The highest BCUT2D eigenvalue weighted by Gasteiger charge is 2.30. The highest BCUT2D eigenvalue weighted by molar-refractivity contribution is 5.52. The molecule has 154 valence electrons. The highest BCUT2D eigenvalue weighted by Crippen LogP contribution is 2.46. The summed E-state index contributed by atoms with van der Waals surface area (Å²) >= 11 is 0. The number of aryl methyl sites for hydroxylation is 1. The fraction of sp³-hybridized carbons (Fsp3) is 0.524. The van der Waals surface area contributed by atoms with Crippen LogP contribution in [0.1, 0.15) is 56.1 Å². The fourth-order valence-electron chi connectivity index (χ4n) is 3.86. The van der Waals surface area contributed by atoms with Crippen molar-refractivity contribution in [2.75, 3.05) is 13.2 Å². The van der Waals surface area contributed by atoms with E-state index < -0.39 is 5.09 Å². The second-order valence-corrected chi connectivity index (χ2v) is 7.42. The second kappa shape index (κ2) is 10.1. The van der Waals surface area contributed by atoms with Gasteiger partial charge in [0.2, 0.25) is 0 Å². The largest absolute Gasteiger partial charge is 0.507 e. The molecule has 2 rings (SSSR count). The van der Waals surface area contributed by atoms with Gasteiger partial charge in [0.25, 0.3) is 5.09 Å². The summed E-state index contributed by atoms with van der Waals surface area (Å²) < 4.78 is 0. The number of allylic oxidation sites excluding steroid dienone is 2. The number of benzene rings is 1. The standard InChI is InChI=1S/C21H29NO6/c1-14(2)17-8-7-16(13-23)10-18(17)21-19(24)11-15(12-20(21)25)6-4-3-5-9-28-22(26)27/h10-12,17-18,23-25H,1,3-9,13H2,2H3/t17-,18+/m0/s1. The van der Waals surface area contributed by atoms with Crippen molar-refractivity contribution in [3.8, 4) is 11.5 Å². The van der Waals surface area contributed by atoms with Crippen molar-refractivity contribution in [2.24, 2.45) is 5.92 Å². The quantitative estimate of drug-likeness (QED) is 0.240. The van der Waals surface area contributed by atoms with E-state index >= 15 is 0 Å². The Morgan fingerprint density at radius 3 is 2.54 bits per heavy atom. The molecule has 28 heavy (non-hydrogen) atoms. The smallest absolute Gasteiger partial charge is 0.294 e. The average Bonchev–Trinajstić information content (AvgIpc) is 2.63. The first kappa shape index (κ1) is 21.8. The Labute approximate surface area is 165 Å². The Hall–Kier alpha value is -2.54. The number of rotatable bonds is 10. The number of aromatic hydroxyl groups is 2. The van der Waals surface area contributed by atoms with E-state index in [1.165, 1.54) is 0 Å². The lowest BCUT2D eigenvalue weighted by Gasteiger charge is -2.31. The number of nitrogens with zero attached hydrogens (tertiary/aromatic N) is 1. The maximum absolute atomic E-state index is 10.6. The normalized spacial score (nSPS) is 19.1. The van der Waals surface area contributed by atoms with E-state index in [-0.39, 0.29) is 36.5 Å². The third kappa shape index (κ3) is 5.73. The molecular weight excluding hydrogens is 362 g/mol. The van der Waals surface area contributed by atoms with Gasteiger partial charge in [0.1, 0.15) is 11.5 Å². The molecule has 7 heteroatoms. The zero-order valence-corrected chi connectivity index (χ0v) is 16.3. The van der Waals surface area contributed by atoms with Gasteiger partial charge in [-0.2, -0.15) is 0 Å². The van der Waals surface area contributed by atoms with Gasteiger partial charge in [0, 0.05) is 11.5 Å². The van der Waals surface area contributed by atoms with Crippen molar-refractivity contribution in [3.05, 3.63) is 57.2 Å². The van der Waals surface area contributed by atoms with E-state index in [0.717, 1.165) is 42.4 Å². The van der Waals surface area contributed by atoms with Crippen molar-refractivity contribution in [3.63, 3.8) is 0 Å². The summed E-state index contributed by atoms with van der Waals surface area (Å²) in [5.74, 6) is -0.0435. The zero-order chi connectivity index (χ0) is 20.7. The number of unbranched alkanes of at least 4 members (excludes halogenated alkanes) is 2. The average molecular weight is 391 g/mol. The van der Waals surface area contributed by atoms with Crippen molar-refractivity contribution in [1.82, 2.24) is 0 Å². The number of aliphatic hydroxyl groups excluding tert-OH is 1. The van der Waals surface area contributed by atoms with Gasteiger partial charge in [-0.15, -0.1) is 10.1 Å². The Kier molecular flexibility index (Phi) is 7.87. The summed E-state index contributed by atoms with van der Waals surface area (Å²) in [5.41, 5.74) is 3.17. The van der Waals surface area contributed by atoms with Gasteiger partial charge >= 0.3 is 0 Å². The molecule has 0 amide bonds. The van der Waals surface area contributed by atoms with E-state index in [4.69, 9.17) is 0 Å². The lowest BCUT2D eigenvalue weighted by Crippen LogP contribution is -2.18. The summed E-state index contributed by atoms with van der Waals surface area (Å²) in [5, 5.41) is 40.0. The van der Waals surface area contributed by atoms with Gasteiger partial charge in [-0.3, -0.25) is 0 Å². The number of hydrogen-bond acceptors (Lipinski definition) is 6. The van der Waals surface area contributed by atoms with Gasteiger partial charge < -0.3 is 20.2 Å². The maximum atomic E-state index is 10.6. The van der Waals surface area contributed by atoms with E-state index in [1.807, 2.05) is 13.0 Å².